The van der Waals surface area contributed by atoms with Gasteiger partial charge < -0.3 is 10.0 Å². The molecule has 1 aliphatic rings. The highest BCUT2D eigenvalue weighted by molar-refractivity contribution is 5.93. The van der Waals surface area contributed by atoms with Crippen LogP contribution in [0.5, 0.6) is 0 Å². The van der Waals surface area contributed by atoms with Gasteiger partial charge in [0.25, 0.3) is 5.69 Å². The third kappa shape index (κ3) is 4.32. The Morgan fingerprint density at radius 1 is 1.30 bits per heavy atom. The molecule has 1 aliphatic carbocycles. The molecule has 1 aromatic rings. The quantitative estimate of drug-likeness (QED) is 0.509. The fourth-order valence-electron chi connectivity index (χ4n) is 2.73. The summed E-state index contributed by atoms with van der Waals surface area (Å²) in [5.41, 5.74) is -0.247. The summed E-state index contributed by atoms with van der Waals surface area (Å²) in [5.74, 6) is -1.18. The summed E-state index contributed by atoms with van der Waals surface area (Å²) in [5, 5.41) is 28.2. The highest BCUT2D eigenvalue weighted by Crippen LogP contribution is 2.28. The normalized spacial score (nSPS) is 21.7. The smallest absolute Gasteiger partial charge is 0.337 e. The number of hydrogen-bond donors (Lipinski definition) is 1. The zero-order valence-electron chi connectivity index (χ0n) is 13.2. The summed E-state index contributed by atoms with van der Waals surface area (Å²) in [7, 11) is 4.10. The SMILES string of the molecule is CN(C)C1CCC(N=Nc2cc([N+](=O)[O-])ccc2C(=O)O)CC1. The summed E-state index contributed by atoms with van der Waals surface area (Å²) < 4.78 is 0. The fraction of sp³-hybridized carbons (Fsp3) is 0.533. The van der Waals surface area contributed by atoms with E-state index in [1.165, 1.54) is 6.07 Å². The van der Waals surface area contributed by atoms with Crippen molar-refractivity contribution in [1.29, 1.82) is 0 Å². The average molecular weight is 320 g/mol. The molecule has 2 rings (SSSR count). The first-order valence-corrected chi connectivity index (χ1v) is 7.47. The van der Waals surface area contributed by atoms with Crippen LogP contribution < -0.4 is 0 Å². The van der Waals surface area contributed by atoms with E-state index in [-0.39, 0.29) is 23.0 Å². The zero-order chi connectivity index (χ0) is 17.0. The minimum Gasteiger partial charge on any atom is -0.478 e. The number of carboxylic acids is 1. The number of nitro benzene ring substituents is 1. The predicted molar refractivity (Wildman–Crippen MR) is 84.3 cm³/mol. The van der Waals surface area contributed by atoms with E-state index in [9.17, 15) is 14.9 Å². The van der Waals surface area contributed by atoms with Gasteiger partial charge in [-0.2, -0.15) is 10.2 Å². The lowest BCUT2D eigenvalue weighted by molar-refractivity contribution is -0.384. The van der Waals surface area contributed by atoms with Crippen molar-refractivity contribution in [2.75, 3.05) is 14.1 Å². The molecule has 0 unspecified atom stereocenters. The van der Waals surface area contributed by atoms with E-state index in [2.05, 4.69) is 29.2 Å². The Balaban J connectivity index is 2.14. The maximum atomic E-state index is 11.2. The molecule has 0 heterocycles. The standard InChI is InChI=1S/C15H20N4O4/c1-18(2)11-5-3-10(4-6-11)16-17-14-9-12(19(22)23)7-8-13(14)15(20)21/h7-11H,3-6H2,1-2H3,(H,20,21). The van der Waals surface area contributed by atoms with Crippen molar-refractivity contribution in [2.24, 2.45) is 10.2 Å². The number of carboxylic acid groups (broad SMARTS) is 1. The van der Waals surface area contributed by atoms with E-state index in [1.807, 2.05) is 0 Å². The monoisotopic (exact) mass is 320 g/mol. The van der Waals surface area contributed by atoms with E-state index in [0.717, 1.165) is 37.8 Å². The second-order valence-corrected chi connectivity index (χ2v) is 5.91. The van der Waals surface area contributed by atoms with Gasteiger partial charge in [-0.3, -0.25) is 10.1 Å². The molecule has 8 nitrogen and oxygen atoms in total. The molecule has 0 spiro atoms. The molecule has 0 bridgehead atoms. The topological polar surface area (TPSA) is 108 Å². The molecular formula is C15H20N4O4. The second kappa shape index (κ2) is 7.28. The van der Waals surface area contributed by atoms with E-state index in [0.29, 0.717) is 6.04 Å². The lowest BCUT2D eigenvalue weighted by atomic mass is 9.91. The Kier molecular flexibility index (Phi) is 5.38. The number of azo groups is 1. The summed E-state index contributed by atoms with van der Waals surface area (Å²) >= 11 is 0. The van der Waals surface area contributed by atoms with Crippen LogP contribution >= 0.6 is 0 Å². The van der Waals surface area contributed by atoms with Crippen LogP contribution in [-0.4, -0.2) is 47.1 Å². The lowest BCUT2D eigenvalue weighted by Crippen LogP contribution is -2.33. The van der Waals surface area contributed by atoms with Crippen LogP contribution in [0.2, 0.25) is 0 Å². The molecule has 8 heteroatoms. The minimum absolute atomic E-state index is 0.0291. The number of nitro groups is 1. The number of benzene rings is 1. The Hall–Kier alpha value is -2.35. The number of hydrogen-bond acceptors (Lipinski definition) is 6. The maximum absolute atomic E-state index is 11.2. The van der Waals surface area contributed by atoms with Crippen LogP contribution in [0.15, 0.2) is 28.4 Å². The van der Waals surface area contributed by atoms with Gasteiger partial charge in [-0.15, -0.1) is 0 Å². The lowest BCUT2D eigenvalue weighted by Gasteiger charge is -2.30. The molecule has 0 aliphatic heterocycles. The Morgan fingerprint density at radius 2 is 1.96 bits per heavy atom. The van der Waals surface area contributed by atoms with Crippen molar-refractivity contribution >= 4 is 17.3 Å². The van der Waals surface area contributed by atoms with Gasteiger partial charge in [0.2, 0.25) is 0 Å². The Labute approximate surface area is 134 Å². The van der Waals surface area contributed by atoms with Crippen LogP contribution in [0.3, 0.4) is 0 Å². The molecule has 1 aromatic carbocycles. The number of non-ortho nitro benzene ring substituents is 1. The molecule has 0 aromatic heterocycles. The predicted octanol–water partition coefficient (Wildman–Crippen LogP) is 3.25. The molecule has 23 heavy (non-hydrogen) atoms. The first kappa shape index (κ1) is 17.0. The van der Waals surface area contributed by atoms with Crippen molar-refractivity contribution in [3.63, 3.8) is 0 Å². The molecule has 1 fully saturated rings. The highest BCUT2D eigenvalue weighted by atomic mass is 16.6. The summed E-state index contributed by atoms with van der Waals surface area (Å²) in [6, 6.07) is 4.07. The van der Waals surface area contributed by atoms with Gasteiger partial charge in [0.15, 0.2) is 0 Å². The largest absolute Gasteiger partial charge is 0.478 e. The second-order valence-electron chi connectivity index (χ2n) is 5.91. The van der Waals surface area contributed by atoms with Gasteiger partial charge in [0.1, 0.15) is 5.69 Å². The van der Waals surface area contributed by atoms with E-state index in [4.69, 9.17) is 5.11 Å². The first-order valence-electron chi connectivity index (χ1n) is 7.47. The summed E-state index contributed by atoms with van der Waals surface area (Å²) in [6.07, 6.45) is 3.78. The van der Waals surface area contributed by atoms with Crippen LogP contribution in [0.1, 0.15) is 36.0 Å². The van der Waals surface area contributed by atoms with Crippen LogP contribution in [0.4, 0.5) is 11.4 Å². The van der Waals surface area contributed by atoms with E-state index >= 15 is 0 Å². The van der Waals surface area contributed by atoms with Gasteiger partial charge in [-0.25, -0.2) is 4.79 Å². The van der Waals surface area contributed by atoms with Crippen LogP contribution in [-0.2, 0) is 0 Å². The highest BCUT2D eigenvalue weighted by Gasteiger charge is 2.22. The van der Waals surface area contributed by atoms with Gasteiger partial charge >= 0.3 is 5.97 Å². The molecule has 1 N–H and O–H groups in total. The number of nitrogens with zero attached hydrogens (tertiary/aromatic N) is 4. The summed E-state index contributed by atoms with van der Waals surface area (Å²) in [4.78, 5) is 23.6. The molecule has 0 atom stereocenters. The molecule has 124 valence electrons. The molecule has 0 saturated heterocycles. The molecule has 1 saturated carbocycles. The van der Waals surface area contributed by atoms with Crippen LogP contribution in [0.25, 0.3) is 0 Å². The third-order valence-electron chi connectivity index (χ3n) is 4.15. The number of carbonyl (C=O) groups is 1. The van der Waals surface area contributed by atoms with Crippen molar-refractivity contribution < 1.29 is 14.8 Å². The van der Waals surface area contributed by atoms with Gasteiger partial charge in [-0.05, 0) is 45.8 Å². The van der Waals surface area contributed by atoms with Crippen molar-refractivity contribution in [1.82, 2.24) is 4.90 Å². The fourth-order valence-corrected chi connectivity index (χ4v) is 2.73. The summed E-state index contributed by atoms with van der Waals surface area (Å²) in [6.45, 7) is 0. The first-order chi connectivity index (χ1) is 10.9. The van der Waals surface area contributed by atoms with Gasteiger partial charge in [0, 0.05) is 18.2 Å². The van der Waals surface area contributed by atoms with E-state index < -0.39 is 10.9 Å². The third-order valence-corrected chi connectivity index (χ3v) is 4.15. The molecule has 0 radical (unpaired) electrons. The minimum atomic E-state index is -1.18. The molecule has 0 amide bonds. The van der Waals surface area contributed by atoms with Crippen molar-refractivity contribution in [2.45, 2.75) is 37.8 Å². The zero-order valence-corrected chi connectivity index (χ0v) is 13.2. The van der Waals surface area contributed by atoms with Gasteiger partial charge in [-0.1, -0.05) is 0 Å². The number of aromatic carboxylic acids is 1. The van der Waals surface area contributed by atoms with E-state index in [1.54, 1.807) is 0 Å². The maximum Gasteiger partial charge on any atom is 0.337 e. The van der Waals surface area contributed by atoms with Crippen LogP contribution in [0, 0.1) is 10.1 Å². The average Bonchev–Trinajstić information content (AvgIpc) is 2.52. The molecular weight excluding hydrogens is 300 g/mol. The van der Waals surface area contributed by atoms with Crippen molar-refractivity contribution in [3.05, 3.63) is 33.9 Å². The number of rotatable bonds is 5. The van der Waals surface area contributed by atoms with Gasteiger partial charge in [0.05, 0.1) is 16.5 Å². The van der Waals surface area contributed by atoms with Crippen molar-refractivity contribution in [3.8, 4) is 0 Å². The Morgan fingerprint density at radius 3 is 2.48 bits per heavy atom. The Bertz CT molecular complexity index is 622.